The summed E-state index contributed by atoms with van der Waals surface area (Å²) in [6.07, 6.45) is 6.40. The van der Waals surface area contributed by atoms with E-state index < -0.39 is 15.3 Å². The maximum Gasteiger partial charge on any atom is 0.332 e. The zero-order chi connectivity index (χ0) is 15.8. The van der Waals surface area contributed by atoms with E-state index in [2.05, 4.69) is 20.4 Å². The molecule has 0 aliphatic rings. The van der Waals surface area contributed by atoms with Crippen LogP contribution in [0.2, 0.25) is 6.04 Å². The summed E-state index contributed by atoms with van der Waals surface area (Å²) in [7, 11) is -1.58. The number of rotatable bonds is 15. The van der Waals surface area contributed by atoms with Gasteiger partial charge in [-0.3, -0.25) is 0 Å². The maximum absolute atomic E-state index is 10.8. The Morgan fingerprint density at radius 2 is 1.67 bits per heavy atom. The molecule has 0 rings (SSSR count). The summed E-state index contributed by atoms with van der Waals surface area (Å²) in [4.78, 5) is 10.8. The predicted molar refractivity (Wildman–Crippen MR) is 85.4 cm³/mol. The molecule has 0 atom stereocenters. The highest BCUT2D eigenvalue weighted by Gasteiger charge is 2.12. The van der Waals surface area contributed by atoms with Gasteiger partial charge in [-0.05, 0) is 25.3 Å². The fourth-order valence-electron chi connectivity index (χ4n) is 1.50. The molecule has 0 aromatic carbocycles. The first-order valence-corrected chi connectivity index (χ1v) is 9.60. The number of hydrogen-bond donors (Lipinski definition) is 0. The number of carbonyl (C=O) groups is 1. The molecular weight excluding hydrogens is 288 g/mol. The van der Waals surface area contributed by atoms with Crippen LogP contribution in [-0.2, 0) is 23.1 Å². The van der Waals surface area contributed by atoms with Gasteiger partial charge in [0.05, 0.1) is 6.61 Å². The van der Waals surface area contributed by atoms with Crippen LogP contribution in [-0.4, -0.2) is 41.9 Å². The fraction of sp³-hybridized carbons (Fsp3) is 0.800. The van der Waals surface area contributed by atoms with Gasteiger partial charge in [-0.1, -0.05) is 33.3 Å². The fourth-order valence-corrected chi connectivity index (χ4v) is 3.29. The molecule has 0 aromatic heterocycles. The molecule has 5 nitrogen and oxygen atoms in total. The molecule has 0 radical (unpaired) electrons. The Hall–Kier alpha value is -0.693. The molecule has 0 saturated carbocycles. The van der Waals surface area contributed by atoms with Crippen molar-refractivity contribution in [3.8, 4) is 0 Å². The van der Waals surface area contributed by atoms with E-state index in [4.69, 9.17) is 18.3 Å². The van der Waals surface area contributed by atoms with Crippen molar-refractivity contribution in [1.82, 2.24) is 0 Å². The Morgan fingerprint density at radius 1 is 1.05 bits per heavy atom. The summed E-state index contributed by atoms with van der Waals surface area (Å²) in [6, 6.07) is 0.919. The van der Waals surface area contributed by atoms with Crippen LogP contribution in [0.15, 0.2) is 12.7 Å². The van der Waals surface area contributed by atoms with Crippen molar-refractivity contribution in [1.29, 1.82) is 0 Å². The SMILES string of the molecule is C=CC(=O)OCOCCC[SiH](OCCCC)OCCCC. The Bertz CT molecular complexity index is 250. The van der Waals surface area contributed by atoms with Gasteiger partial charge in [-0.25, -0.2) is 4.79 Å². The van der Waals surface area contributed by atoms with Crippen molar-refractivity contribution >= 4 is 15.3 Å². The highest BCUT2D eigenvalue weighted by Crippen LogP contribution is 2.05. The molecule has 0 saturated heterocycles. The summed E-state index contributed by atoms with van der Waals surface area (Å²) in [6.45, 7) is 9.71. The highest BCUT2D eigenvalue weighted by atomic mass is 28.3. The molecule has 0 aliphatic carbocycles. The van der Waals surface area contributed by atoms with E-state index >= 15 is 0 Å². The van der Waals surface area contributed by atoms with Gasteiger partial charge < -0.3 is 18.3 Å². The van der Waals surface area contributed by atoms with Gasteiger partial charge in [-0.15, -0.1) is 0 Å². The Morgan fingerprint density at radius 3 is 2.19 bits per heavy atom. The summed E-state index contributed by atoms with van der Waals surface area (Å²) in [5, 5.41) is 0. The standard InChI is InChI=1S/C15H30O5Si/c1-4-7-11-19-21(20-12-8-5-2)13-9-10-17-14-18-15(16)6-3/h6,21H,3-5,7-14H2,1-2H3. The third-order valence-electron chi connectivity index (χ3n) is 2.78. The monoisotopic (exact) mass is 318 g/mol. The minimum absolute atomic E-state index is 0.0234. The number of carbonyl (C=O) groups excluding carboxylic acids is 1. The van der Waals surface area contributed by atoms with Gasteiger partial charge in [0.2, 0.25) is 0 Å². The lowest BCUT2D eigenvalue weighted by atomic mass is 10.4. The molecular formula is C15H30O5Si. The van der Waals surface area contributed by atoms with Crippen molar-refractivity contribution in [3.63, 3.8) is 0 Å². The van der Waals surface area contributed by atoms with E-state index in [1.54, 1.807) is 0 Å². The van der Waals surface area contributed by atoms with E-state index in [1.165, 1.54) is 0 Å². The molecule has 0 fully saturated rings. The van der Waals surface area contributed by atoms with Crippen molar-refractivity contribution in [2.24, 2.45) is 0 Å². The molecule has 0 bridgehead atoms. The third-order valence-corrected chi connectivity index (χ3v) is 4.88. The number of esters is 1. The highest BCUT2D eigenvalue weighted by molar-refractivity contribution is 6.44. The summed E-state index contributed by atoms with van der Waals surface area (Å²) in [5.41, 5.74) is 0. The maximum atomic E-state index is 10.8. The summed E-state index contributed by atoms with van der Waals surface area (Å²) < 4.78 is 21.7. The van der Waals surface area contributed by atoms with Crippen molar-refractivity contribution in [2.75, 3.05) is 26.6 Å². The van der Waals surface area contributed by atoms with Gasteiger partial charge >= 0.3 is 15.3 Å². The smallest absolute Gasteiger partial charge is 0.332 e. The number of ether oxygens (including phenoxy) is 2. The topological polar surface area (TPSA) is 54.0 Å². The second-order valence-electron chi connectivity index (χ2n) is 4.71. The van der Waals surface area contributed by atoms with Crippen LogP contribution in [0.5, 0.6) is 0 Å². The zero-order valence-corrected chi connectivity index (χ0v) is 14.6. The molecule has 0 heterocycles. The lowest BCUT2D eigenvalue weighted by molar-refractivity contribution is -0.150. The van der Waals surface area contributed by atoms with Gasteiger partial charge in [0.1, 0.15) is 0 Å². The lowest BCUT2D eigenvalue weighted by Crippen LogP contribution is -2.24. The van der Waals surface area contributed by atoms with Crippen LogP contribution in [0.3, 0.4) is 0 Å². The van der Waals surface area contributed by atoms with Crippen molar-refractivity contribution in [2.45, 2.75) is 52.0 Å². The first-order chi connectivity index (χ1) is 10.2. The first-order valence-electron chi connectivity index (χ1n) is 7.84. The van der Waals surface area contributed by atoms with Crippen LogP contribution in [0.1, 0.15) is 46.0 Å². The molecule has 21 heavy (non-hydrogen) atoms. The minimum Gasteiger partial charge on any atom is -0.435 e. The average molecular weight is 318 g/mol. The van der Waals surface area contributed by atoms with E-state index in [0.717, 1.165) is 57.4 Å². The van der Waals surface area contributed by atoms with Gasteiger partial charge in [-0.2, -0.15) is 0 Å². The molecule has 0 amide bonds. The second kappa shape index (κ2) is 15.7. The average Bonchev–Trinajstić information content (AvgIpc) is 2.50. The second-order valence-corrected chi connectivity index (χ2v) is 6.82. The molecule has 6 heteroatoms. The minimum atomic E-state index is -1.58. The third kappa shape index (κ3) is 14.0. The Labute approximate surface area is 130 Å². The molecule has 0 spiro atoms. The Kier molecular flexibility index (Phi) is 15.2. The van der Waals surface area contributed by atoms with E-state index in [0.29, 0.717) is 6.61 Å². The number of unbranched alkanes of at least 4 members (excludes halogenated alkanes) is 2. The van der Waals surface area contributed by atoms with Crippen LogP contribution in [0.25, 0.3) is 0 Å². The van der Waals surface area contributed by atoms with Crippen molar-refractivity contribution < 1.29 is 23.1 Å². The van der Waals surface area contributed by atoms with E-state index in [9.17, 15) is 4.79 Å². The van der Waals surface area contributed by atoms with E-state index in [1.807, 2.05) is 0 Å². The van der Waals surface area contributed by atoms with Crippen LogP contribution < -0.4 is 0 Å². The molecule has 0 N–H and O–H groups in total. The molecule has 124 valence electrons. The molecule has 0 unspecified atom stereocenters. The van der Waals surface area contributed by atoms with Crippen LogP contribution in [0, 0.1) is 0 Å². The zero-order valence-electron chi connectivity index (χ0n) is 13.5. The Balaban J connectivity index is 3.67. The van der Waals surface area contributed by atoms with E-state index in [-0.39, 0.29) is 6.79 Å². The van der Waals surface area contributed by atoms with Gasteiger partial charge in [0.15, 0.2) is 6.79 Å². The predicted octanol–water partition coefficient (Wildman–Crippen LogP) is 2.93. The first kappa shape index (κ1) is 20.3. The molecule has 0 aromatic rings. The van der Waals surface area contributed by atoms with Crippen LogP contribution in [0.4, 0.5) is 0 Å². The summed E-state index contributed by atoms with van der Waals surface area (Å²) >= 11 is 0. The van der Waals surface area contributed by atoms with Gasteiger partial charge in [0, 0.05) is 19.3 Å². The lowest BCUT2D eigenvalue weighted by Gasteiger charge is -2.16. The normalized spacial score (nSPS) is 10.8. The van der Waals surface area contributed by atoms with Crippen LogP contribution >= 0.6 is 0 Å². The van der Waals surface area contributed by atoms with Crippen molar-refractivity contribution in [3.05, 3.63) is 12.7 Å². The molecule has 0 aliphatic heterocycles. The summed E-state index contributed by atoms with van der Waals surface area (Å²) in [5.74, 6) is -0.465. The quantitative estimate of drug-likeness (QED) is 0.153. The number of hydrogen-bond acceptors (Lipinski definition) is 5. The van der Waals surface area contributed by atoms with Gasteiger partial charge in [0.25, 0.3) is 0 Å². The largest absolute Gasteiger partial charge is 0.435 e.